The largest absolute Gasteiger partial charge is 0.338 e. The lowest BCUT2D eigenvalue weighted by atomic mass is 9.90. The lowest BCUT2D eigenvalue weighted by molar-refractivity contribution is 0.0777. The van der Waals surface area contributed by atoms with Crippen LogP contribution in [0.2, 0.25) is 5.02 Å². The fourth-order valence-electron chi connectivity index (χ4n) is 2.27. The van der Waals surface area contributed by atoms with Gasteiger partial charge in [-0.15, -0.1) is 12.4 Å². The minimum Gasteiger partial charge on any atom is -0.338 e. The molecule has 1 amide bonds. The molecule has 0 bridgehead atoms. The van der Waals surface area contributed by atoms with Gasteiger partial charge in [0.05, 0.1) is 0 Å². The fraction of sp³-hybridized carbons (Fsp3) is 0.500. The average molecular weight is 303 g/mol. The Balaban J connectivity index is 0.00000180. The monoisotopic (exact) mass is 302 g/mol. The number of nitrogens with zero attached hydrogens (tertiary/aromatic N) is 1. The van der Waals surface area contributed by atoms with E-state index in [0.29, 0.717) is 17.1 Å². The predicted octanol–water partition coefficient (Wildman–Crippen LogP) is 2.88. The zero-order chi connectivity index (χ0) is 13.3. The van der Waals surface area contributed by atoms with Gasteiger partial charge in [-0.3, -0.25) is 4.79 Å². The highest BCUT2D eigenvalue weighted by molar-refractivity contribution is 6.31. The first kappa shape index (κ1) is 16.3. The van der Waals surface area contributed by atoms with E-state index in [9.17, 15) is 4.79 Å². The summed E-state index contributed by atoms with van der Waals surface area (Å²) in [7, 11) is 0. The summed E-state index contributed by atoms with van der Waals surface area (Å²) >= 11 is 6.06. The number of aryl methyl sites for hydroxylation is 1. The van der Waals surface area contributed by atoms with E-state index in [-0.39, 0.29) is 23.7 Å². The molecule has 1 aromatic carbocycles. The molecule has 0 saturated carbocycles. The molecule has 0 radical (unpaired) electrons. The Morgan fingerprint density at radius 3 is 2.74 bits per heavy atom. The number of halogens is 2. The van der Waals surface area contributed by atoms with Crippen LogP contribution in [0.3, 0.4) is 0 Å². The number of hydrogen-bond acceptors (Lipinski definition) is 2. The van der Waals surface area contributed by atoms with Crippen molar-refractivity contribution in [3.63, 3.8) is 0 Å². The minimum absolute atomic E-state index is 0. The molecule has 106 valence electrons. The first-order valence-electron chi connectivity index (χ1n) is 6.21. The Hall–Kier alpha value is -0.770. The van der Waals surface area contributed by atoms with Crippen molar-refractivity contribution in [2.75, 3.05) is 19.6 Å². The summed E-state index contributed by atoms with van der Waals surface area (Å²) < 4.78 is 0. The van der Waals surface area contributed by atoms with E-state index < -0.39 is 0 Å². The van der Waals surface area contributed by atoms with Crippen molar-refractivity contribution in [3.05, 3.63) is 34.3 Å². The summed E-state index contributed by atoms with van der Waals surface area (Å²) in [6.45, 7) is 6.18. The third-order valence-corrected chi connectivity index (χ3v) is 4.16. The van der Waals surface area contributed by atoms with E-state index in [4.69, 9.17) is 17.3 Å². The van der Waals surface area contributed by atoms with Crippen molar-refractivity contribution in [1.29, 1.82) is 0 Å². The number of amides is 1. The van der Waals surface area contributed by atoms with Gasteiger partial charge in [0.25, 0.3) is 5.91 Å². The van der Waals surface area contributed by atoms with Crippen LogP contribution in [0.25, 0.3) is 0 Å². The Kier molecular flexibility index (Phi) is 5.25. The van der Waals surface area contributed by atoms with E-state index in [1.165, 1.54) is 0 Å². The van der Waals surface area contributed by atoms with Crippen LogP contribution in [0, 0.1) is 12.3 Å². The number of carbonyl (C=O) groups is 1. The van der Waals surface area contributed by atoms with E-state index in [1.807, 2.05) is 24.0 Å². The summed E-state index contributed by atoms with van der Waals surface area (Å²) in [6, 6.07) is 5.47. The molecule has 1 aliphatic heterocycles. The van der Waals surface area contributed by atoms with Crippen molar-refractivity contribution in [1.82, 2.24) is 4.90 Å². The van der Waals surface area contributed by atoms with Crippen LogP contribution >= 0.6 is 24.0 Å². The molecule has 1 fully saturated rings. The topological polar surface area (TPSA) is 46.3 Å². The molecule has 19 heavy (non-hydrogen) atoms. The second kappa shape index (κ2) is 6.12. The normalized spacial score (nSPS) is 22.2. The lowest BCUT2D eigenvalue weighted by Gasteiger charge is -2.22. The van der Waals surface area contributed by atoms with Gasteiger partial charge >= 0.3 is 0 Å². The van der Waals surface area contributed by atoms with Crippen LogP contribution in [0.1, 0.15) is 29.3 Å². The van der Waals surface area contributed by atoms with Crippen LogP contribution in [0.4, 0.5) is 0 Å². The van der Waals surface area contributed by atoms with Gasteiger partial charge in [-0.1, -0.05) is 24.6 Å². The van der Waals surface area contributed by atoms with E-state index in [2.05, 4.69) is 6.92 Å². The molecular weight excluding hydrogens is 283 g/mol. The number of nitrogens with two attached hydrogens (primary N) is 1. The Labute approximate surface area is 125 Å². The summed E-state index contributed by atoms with van der Waals surface area (Å²) in [4.78, 5) is 14.2. The highest BCUT2D eigenvalue weighted by Gasteiger charge is 2.35. The van der Waals surface area contributed by atoms with E-state index >= 15 is 0 Å². The zero-order valence-electron chi connectivity index (χ0n) is 11.3. The van der Waals surface area contributed by atoms with Crippen LogP contribution < -0.4 is 5.73 Å². The number of likely N-dealkylation sites (tertiary alicyclic amines) is 1. The van der Waals surface area contributed by atoms with Gasteiger partial charge < -0.3 is 10.6 Å². The van der Waals surface area contributed by atoms with Crippen molar-refractivity contribution in [3.8, 4) is 0 Å². The van der Waals surface area contributed by atoms with Crippen LogP contribution in [-0.4, -0.2) is 30.4 Å². The molecule has 2 N–H and O–H groups in total. The highest BCUT2D eigenvalue weighted by Crippen LogP contribution is 2.30. The standard InChI is InChI=1S/C14H19ClN2O.ClH/c1-10-3-4-11(7-12(10)15)13(18)17-6-5-14(2,8-16)9-17;/h3-4,7H,5-6,8-9,16H2,1-2H3;1H. The molecule has 5 heteroatoms. The maximum Gasteiger partial charge on any atom is 0.253 e. The summed E-state index contributed by atoms with van der Waals surface area (Å²) in [6.07, 6.45) is 0.967. The third-order valence-electron chi connectivity index (χ3n) is 3.76. The second-order valence-electron chi connectivity index (χ2n) is 5.46. The molecule has 1 unspecified atom stereocenters. The van der Waals surface area contributed by atoms with Crippen molar-refractivity contribution >= 4 is 29.9 Å². The lowest BCUT2D eigenvalue weighted by Crippen LogP contribution is -2.34. The maximum atomic E-state index is 12.3. The van der Waals surface area contributed by atoms with Crippen molar-refractivity contribution in [2.24, 2.45) is 11.1 Å². The molecule has 1 atom stereocenters. The van der Waals surface area contributed by atoms with Gasteiger partial charge in [-0.2, -0.15) is 0 Å². The number of benzene rings is 1. The molecule has 1 aliphatic rings. The molecule has 0 aromatic heterocycles. The Morgan fingerprint density at radius 2 is 2.21 bits per heavy atom. The van der Waals surface area contributed by atoms with Gasteiger partial charge in [0.1, 0.15) is 0 Å². The molecule has 1 saturated heterocycles. The second-order valence-corrected chi connectivity index (χ2v) is 5.86. The average Bonchev–Trinajstić information content (AvgIpc) is 2.75. The first-order valence-corrected chi connectivity index (χ1v) is 6.58. The first-order chi connectivity index (χ1) is 8.45. The van der Waals surface area contributed by atoms with Crippen molar-refractivity contribution < 1.29 is 4.79 Å². The Morgan fingerprint density at radius 1 is 1.53 bits per heavy atom. The van der Waals surface area contributed by atoms with Crippen molar-refractivity contribution in [2.45, 2.75) is 20.3 Å². The van der Waals surface area contributed by atoms with Crippen LogP contribution in [-0.2, 0) is 0 Å². The molecule has 1 aromatic rings. The van der Waals surface area contributed by atoms with Gasteiger partial charge in [0.15, 0.2) is 0 Å². The smallest absolute Gasteiger partial charge is 0.253 e. The zero-order valence-corrected chi connectivity index (χ0v) is 12.9. The number of rotatable bonds is 2. The predicted molar refractivity (Wildman–Crippen MR) is 81.1 cm³/mol. The maximum absolute atomic E-state index is 12.3. The molecule has 3 nitrogen and oxygen atoms in total. The Bertz CT molecular complexity index is 479. The molecule has 0 aliphatic carbocycles. The van der Waals surface area contributed by atoms with Crippen LogP contribution in [0.5, 0.6) is 0 Å². The van der Waals surface area contributed by atoms with Gasteiger partial charge in [0, 0.05) is 23.7 Å². The minimum atomic E-state index is 0. The van der Waals surface area contributed by atoms with Gasteiger partial charge in [-0.25, -0.2) is 0 Å². The van der Waals surface area contributed by atoms with Gasteiger partial charge in [0.2, 0.25) is 0 Å². The quantitative estimate of drug-likeness (QED) is 0.913. The number of carbonyl (C=O) groups excluding carboxylic acids is 1. The van der Waals surface area contributed by atoms with E-state index in [0.717, 1.165) is 25.1 Å². The molecular formula is C14H20Cl2N2O. The highest BCUT2D eigenvalue weighted by atomic mass is 35.5. The summed E-state index contributed by atoms with van der Waals surface area (Å²) in [5.41, 5.74) is 7.46. The third kappa shape index (κ3) is 3.41. The fourth-order valence-corrected chi connectivity index (χ4v) is 2.45. The molecule has 1 heterocycles. The number of hydrogen-bond donors (Lipinski definition) is 1. The van der Waals surface area contributed by atoms with Crippen LogP contribution in [0.15, 0.2) is 18.2 Å². The molecule has 0 spiro atoms. The summed E-state index contributed by atoms with van der Waals surface area (Å²) in [5.74, 6) is 0.0501. The van der Waals surface area contributed by atoms with Gasteiger partial charge in [-0.05, 0) is 43.0 Å². The summed E-state index contributed by atoms with van der Waals surface area (Å²) in [5, 5.41) is 0.640. The SMILES string of the molecule is Cc1ccc(C(=O)N2CCC(C)(CN)C2)cc1Cl.Cl. The molecule has 2 rings (SSSR count). The van der Waals surface area contributed by atoms with E-state index in [1.54, 1.807) is 6.07 Å².